The second-order valence-electron chi connectivity index (χ2n) is 3.23. The molecule has 0 radical (unpaired) electrons. The molecule has 1 aromatic heterocycles. The van der Waals surface area contributed by atoms with Crippen molar-refractivity contribution in [1.29, 1.82) is 0 Å². The van der Waals surface area contributed by atoms with Gasteiger partial charge in [0.05, 0.1) is 6.54 Å². The summed E-state index contributed by atoms with van der Waals surface area (Å²) >= 11 is 0. The zero-order chi connectivity index (χ0) is 9.31. The first-order chi connectivity index (χ1) is 6.17. The maximum atomic E-state index is 12.8. The summed E-state index contributed by atoms with van der Waals surface area (Å²) in [5.74, 6) is -2.52. The number of hydrogen-bond donors (Lipinski definition) is 0. The second kappa shape index (κ2) is 2.94. The summed E-state index contributed by atoms with van der Waals surface area (Å²) in [7, 11) is 0. The van der Waals surface area contributed by atoms with Crippen molar-refractivity contribution in [3.05, 3.63) is 24.5 Å². The highest BCUT2D eigenvalue weighted by Crippen LogP contribution is 2.30. The summed E-state index contributed by atoms with van der Waals surface area (Å²) in [6, 6.07) is 3.50. The lowest BCUT2D eigenvalue weighted by Gasteiger charge is -2.17. The third-order valence-electron chi connectivity index (χ3n) is 2.20. The molecule has 1 aliphatic rings. The van der Waals surface area contributed by atoms with Crippen molar-refractivity contribution in [3.8, 4) is 0 Å². The maximum absolute atomic E-state index is 12.8. The van der Waals surface area contributed by atoms with Crippen LogP contribution in [0.4, 0.5) is 14.5 Å². The van der Waals surface area contributed by atoms with Gasteiger partial charge in [-0.05, 0) is 12.1 Å². The Morgan fingerprint density at radius 2 is 2.00 bits per heavy atom. The molecule has 0 aromatic carbocycles. The Balaban J connectivity index is 2.13. The highest BCUT2D eigenvalue weighted by molar-refractivity contribution is 5.46. The van der Waals surface area contributed by atoms with Crippen LogP contribution in [-0.2, 0) is 0 Å². The molecule has 0 spiro atoms. The summed E-state index contributed by atoms with van der Waals surface area (Å²) in [5, 5.41) is 0. The van der Waals surface area contributed by atoms with Gasteiger partial charge in [-0.25, -0.2) is 8.78 Å². The zero-order valence-corrected chi connectivity index (χ0v) is 7.08. The molecule has 1 aliphatic heterocycles. The molecule has 0 N–H and O–H groups in total. The normalized spacial score (nSPS) is 20.6. The van der Waals surface area contributed by atoms with Gasteiger partial charge in [-0.3, -0.25) is 4.98 Å². The molecular weight excluding hydrogens is 174 g/mol. The van der Waals surface area contributed by atoms with Crippen LogP contribution in [0.3, 0.4) is 0 Å². The fourth-order valence-corrected chi connectivity index (χ4v) is 1.51. The van der Waals surface area contributed by atoms with Crippen molar-refractivity contribution >= 4 is 5.69 Å². The van der Waals surface area contributed by atoms with Gasteiger partial charge in [0.25, 0.3) is 5.92 Å². The number of anilines is 1. The number of halogens is 2. The predicted molar refractivity (Wildman–Crippen MR) is 46.0 cm³/mol. The van der Waals surface area contributed by atoms with Gasteiger partial charge >= 0.3 is 0 Å². The van der Waals surface area contributed by atoms with E-state index in [1.54, 1.807) is 29.4 Å². The lowest BCUT2D eigenvalue weighted by atomic mass is 10.3. The van der Waals surface area contributed by atoms with E-state index in [0.717, 1.165) is 5.69 Å². The Morgan fingerprint density at radius 3 is 2.54 bits per heavy atom. The van der Waals surface area contributed by atoms with E-state index in [4.69, 9.17) is 0 Å². The van der Waals surface area contributed by atoms with Crippen LogP contribution in [0.15, 0.2) is 24.5 Å². The highest BCUT2D eigenvalue weighted by atomic mass is 19.3. The van der Waals surface area contributed by atoms with Crippen LogP contribution in [0, 0.1) is 0 Å². The van der Waals surface area contributed by atoms with Gasteiger partial charge in [-0.2, -0.15) is 0 Å². The predicted octanol–water partition coefficient (Wildman–Crippen LogP) is 1.93. The van der Waals surface area contributed by atoms with E-state index in [0.29, 0.717) is 6.54 Å². The van der Waals surface area contributed by atoms with Crippen LogP contribution in [0.25, 0.3) is 0 Å². The lowest BCUT2D eigenvalue weighted by molar-refractivity contribution is 0.0257. The van der Waals surface area contributed by atoms with E-state index in [9.17, 15) is 8.78 Å². The molecular formula is C9H10F2N2. The van der Waals surface area contributed by atoms with E-state index in [1.807, 2.05) is 0 Å². The van der Waals surface area contributed by atoms with Crippen LogP contribution in [0.2, 0.25) is 0 Å². The molecule has 2 rings (SSSR count). The summed E-state index contributed by atoms with van der Waals surface area (Å²) in [6.45, 7) is 0.258. The summed E-state index contributed by atoms with van der Waals surface area (Å²) in [5.41, 5.74) is 0.826. The van der Waals surface area contributed by atoms with Crippen LogP contribution in [0.1, 0.15) is 6.42 Å². The molecule has 2 nitrogen and oxygen atoms in total. The van der Waals surface area contributed by atoms with Crippen LogP contribution < -0.4 is 4.90 Å². The minimum atomic E-state index is -2.52. The first-order valence-corrected chi connectivity index (χ1v) is 4.20. The first kappa shape index (κ1) is 8.41. The number of alkyl halides is 2. The van der Waals surface area contributed by atoms with Gasteiger partial charge in [0.2, 0.25) is 0 Å². The molecule has 13 heavy (non-hydrogen) atoms. The Morgan fingerprint density at radius 1 is 1.31 bits per heavy atom. The standard InChI is InChI=1S/C9H10F2N2/c10-9(11)3-6-13(7-9)8-1-4-12-5-2-8/h1-2,4-5H,3,6-7H2. The topological polar surface area (TPSA) is 16.1 Å². The van der Waals surface area contributed by atoms with E-state index < -0.39 is 5.92 Å². The quantitative estimate of drug-likeness (QED) is 0.663. The van der Waals surface area contributed by atoms with Crippen molar-refractivity contribution in [1.82, 2.24) is 4.98 Å². The van der Waals surface area contributed by atoms with Crippen LogP contribution in [-0.4, -0.2) is 24.0 Å². The molecule has 70 valence electrons. The third-order valence-corrected chi connectivity index (χ3v) is 2.20. The summed E-state index contributed by atoms with van der Waals surface area (Å²) in [6.07, 6.45) is 3.19. The molecule has 1 fully saturated rings. The molecule has 0 amide bonds. The fraction of sp³-hybridized carbons (Fsp3) is 0.444. The van der Waals surface area contributed by atoms with Crippen LogP contribution >= 0.6 is 0 Å². The molecule has 0 bridgehead atoms. The van der Waals surface area contributed by atoms with Gasteiger partial charge in [0.15, 0.2) is 0 Å². The molecule has 0 aliphatic carbocycles. The average Bonchev–Trinajstić information content (AvgIpc) is 2.48. The highest BCUT2D eigenvalue weighted by Gasteiger charge is 2.38. The molecule has 0 unspecified atom stereocenters. The molecule has 2 heterocycles. The maximum Gasteiger partial charge on any atom is 0.266 e. The second-order valence-corrected chi connectivity index (χ2v) is 3.23. The Hall–Kier alpha value is -1.19. The van der Waals surface area contributed by atoms with Crippen molar-refractivity contribution < 1.29 is 8.78 Å². The van der Waals surface area contributed by atoms with E-state index >= 15 is 0 Å². The Labute approximate surface area is 75.2 Å². The van der Waals surface area contributed by atoms with E-state index in [2.05, 4.69) is 4.98 Å². The van der Waals surface area contributed by atoms with Gasteiger partial charge < -0.3 is 4.90 Å². The van der Waals surface area contributed by atoms with Crippen molar-refractivity contribution in [3.63, 3.8) is 0 Å². The third kappa shape index (κ3) is 1.76. The molecule has 0 atom stereocenters. The zero-order valence-electron chi connectivity index (χ0n) is 7.08. The fourth-order valence-electron chi connectivity index (χ4n) is 1.51. The smallest absolute Gasteiger partial charge is 0.266 e. The number of hydrogen-bond acceptors (Lipinski definition) is 2. The number of rotatable bonds is 1. The SMILES string of the molecule is FC1(F)CCN(c2ccncc2)C1. The van der Waals surface area contributed by atoms with Crippen molar-refractivity contribution in [2.45, 2.75) is 12.3 Å². The lowest BCUT2D eigenvalue weighted by Crippen LogP contribution is -2.24. The minimum Gasteiger partial charge on any atom is -0.365 e. The van der Waals surface area contributed by atoms with E-state index in [1.165, 1.54) is 0 Å². The van der Waals surface area contributed by atoms with Gasteiger partial charge in [-0.1, -0.05) is 0 Å². The molecule has 1 saturated heterocycles. The van der Waals surface area contributed by atoms with Gasteiger partial charge in [-0.15, -0.1) is 0 Å². The summed E-state index contributed by atoms with van der Waals surface area (Å²) in [4.78, 5) is 5.52. The van der Waals surface area contributed by atoms with Crippen LogP contribution in [0.5, 0.6) is 0 Å². The number of aromatic nitrogens is 1. The van der Waals surface area contributed by atoms with E-state index in [-0.39, 0.29) is 13.0 Å². The first-order valence-electron chi connectivity index (χ1n) is 4.20. The number of nitrogens with zero attached hydrogens (tertiary/aromatic N) is 2. The molecule has 0 saturated carbocycles. The average molecular weight is 184 g/mol. The Kier molecular flexibility index (Phi) is 1.90. The van der Waals surface area contributed by atoms with Gasteiger partial charge in [0, 0.05) is 31.0 Å². The minimum absolute atomic E-state index is 0.0463. The summed E-state index contributed by atoms with van der Waals surface area (Å²) < 4.78 is 25.6. The monoisotopic (exact) mass is 184 g/mol. The molecule has 1 aromatic rings. The molecule has 4 heteroatoms. The number of pyridine rings is 1. The Bertz CT molecular complexity index is 287. The van der Waals surface area contributed by atoms with Crippen molar-refractivity contribution in [2.75, 3.05) is 18.0 Å². The largest absolute Gasteiger partial charge is 0.365 e. The van der Waals surface area contributed by atoms with Gasteiger partial charge in [0.1, 0.15) is 0 Å². The van der Waals surface area contributed by atoms with Crippen molar-refractivity contribution in [2.24, 2.45) is 0 Å².